The molecule has 1 aromatic rings. The monoisotopic (exact) mass is 162 g/mol. The van der Waals surface area contributed by atoms with Crippen molar-refractivity contribution in [3.05, 3.63) is 17.4 Å². The fourth-order valence-corrected chi connectivity index (χ4v) is 1.10. The molecule has 1 heterocycles. The second-order valence-electron chi connectivity index (χ2n) is 1.62. The number of aromatic nitrogens is 2. The van der Waals surface area contributed by atoms with Crippen molar-refractivity contribution in [3.8, 4) is 0 Å². The number of hydrogen-bond donors (Lipinski definition) is 0. The fourth-order valence-electron chi connectivity index (χ4n) is 0.541. The largest absolute Gasteiger partial charge is 0.261 e. The van der Waals surface area contributed by atoms with Crippen LogP contribution in [-0.4, -0.2) is 16.0 Å². The van der Waals surface area contributed by atoms with E-state index in [0.29, 0.717) is 5.02 Å². The zero-order valence-electron chi connectivity index (χ0n) is 5.04. The number of thioether (sulfide) groups is 1. The second-order valence-corrected chi connectivity index (χ2v) is 2.89. The Morgan fingerprint density at radius 2 is 2.67 bits per heavy atom. The summed E-state index contributed by atoms with van der Waals surface area (Å²) in [4.78, 5) is 0. The third kappa shape index (κ3) is 1.91. The van der Waals surface area contributed by atoms with Crippen molar-refractivity contribution in [2.45, 2.75) is 5.88 Å². The van der Waals surface area contributed by atoms with Gasteiger partial charge in [-0.25, -0.2) is 0 Å². The molecular weight excluding hydrogens is 156 g/mol. The summed E-state index contributed by atoms with van der Waals surface area (Å²) in [5, 5.41) is 4.67. The van der Waals surface area contributed by atoms with Gasteiger partial charge in [-0.2, -0.15) is 5.10 Å². The number of rotatable bonds is 2. The van der Waals surface area contributed by atoms with Crippen LogP contribution in [0.5, 0.6) is 0 Å². The van der Waals surface area contributed by atoms with Crippen LogP contribution in [0.1, 0.15) is 0 Å². The van der Waals surface area contributed by atoms with Crippen molar-refractivity contribution in [2.75, 3.05) is 6.26 Å². The lowest BCUT2D eigenvalue weighted by Crippen LogP contribution is -1.92. The Kier molecular flexibility index (Phi) is 2.42. The Morgan fingerprint density at radius 3 is 3.11 bits per heavy atom. The fraction of sp³-hybridized carbons (Fsp3) is 0.400. The van der Waals surface area contributed by atoms with Crippen LogP contribution in [-0.2, 0) is 5.88 Å². The Hall–Kier alpha value is -0.150. The lowest BCUT2D eigenvalue weighted by atomic mass is 10.7. The standard InChI is InChI=1S/C5H7ClN2S/c1-9-4-8-3-5(6)2-7-8/h2-3H,4H2,1H3. The predicted octanol–water partition coefficient (Wildman–Crippen LogP) is 1.86. The molecule has 0 N–H and O–H groups in total. The van der Waals surface area contributed by atoms with Crippen molar-refractivity contribution >= 4 is 23.4 Å². The highest BCUT2D eigenvalue weighted by atomic mass is 35.5. The van der Waals surface area contributed by atoms with Gasteiger partial charge in [0, 0.05) is 6.20 Å². The highest BCUT2D eigenvalue weighted by Crippen LogP contribution is 2.06. The van der Waals surface area contributed by atoms with Crippen LogP contribution in [0.4, 0.5) is 0 Å². The summed E-state index contributed by atoms with van der Waals surface area (Å²) >= 11 is 7.31. The molecule has 0 aliphatic heterocycles. The summed E-state index contributed by atoms with van der Waals surface area (Å²) in [5.74, 6) is 0.868. The zero-order valence-corrected chi connectivity index (χ0v) is 6.61. The Balaban J connectivity index is 2.61. The summed E-state index contributed by atoms with van der Waals surface area (Å²) in [6, 6.07) is 0. The number of nitrogens with zero attached hydrogens (tertiary/aromatic N) is 2. The molecule has 0 unspecified atom stereocenters. The lowest BCUT2D eigenvalue weighted by molar-refractivity contribution is 0.752. The molecular formula is C5H7ClN2S. The minimum absolute atomic E-state index is 0.698. The molecule has 9 heavy (non-hydrogen) atoms. The topological polar surface area (TPSA) is 17.8 Å². The summed E-state index contributed by atoms with van der Waals surface area (Å²) < 4.78 is 1.80. The predicted molar refractivity (Wildman–Crippen MR) is 40.8 cm³/mol. The Bertz CT molecular complexity index is 187. The van der Waals surface area contributed by atoms with Gasteiger partial charge in [-0.3, -0.25) is 4.68 Å². The summed E-state index contributed by atoms with van der Waals surface area (Å²) in [6.45, 7) is 0. The first-order valence-electron chi connectivity index (χ1n) is 2.50. The maximum atomic E-state index is 5.60. The third-order valence-electron chi connectivity index (χ3n) is 0.863. The van der Waals surface area contributed by atoms with Crippen LogP contribution >= 0.6 is 23.4 Å². The maximum absolute atomic E-state index is 5.60. The van der Waals surface area contributed by atoms with E-state index in [-0.39, 0.29) is 0 Å². The molecule has 0 atom stereocenters. The molecule has 0 fully saturated rings. The first-order valence-corrected chi connectivity index (χ1v) is 4.27. The van der Waals surface area contributed by atoms with Gasteiger partial charge in [-0.05, 0) is 6.26 Å². The summed E-state index contributed by atoms with van der Waals surface area (Å²) in [7, 11) is 0. The highest BCUT2D eigenvalue weighted by molar-refractivity contribution is 7.97. The van der Waals surface area contributed by atoms with Crippen LogP contribution in [0, 0.1) is 0 Å². The van der Waals surface area contributed by atoms with E-state index in [4.69, 9.17) is 11.6 Å². The molecule has 0 spiro atoms. The van der Waals surface area contributed by atoms with Gasteiger partial charge >= 0.3 is 0 Å². The van der Waals surface area contributed by atoms with Gasteiger partial charge in [0.25, 0.3) is 0 Å². The molecule has 4 heteroatoms. The minimum atomic E-state index is 0.698. The van der Waals surface area contributed by atoms with Crippen LogP contribution in [0.3, 0.4) is 0 Å². The van der Waals surface area contributed by atoms with E-state index in [0.717, 1.165) is 5.88 Å². The summed E-state index contributed by atoms with van der Waals surface area (Å²) in [6.07, 6.45) is 5.46. The van der Waals surface area contributed by atoms with Crippen molar-refractivity contribution in [1.29, 1.82) is 0 Å². The molecule has 0 bridgehead atoms. The summed E-state index contributed by atoms with van der Waals surface area (Å²) in [5.41, 5.74) is 0. The van der Waals surface area contributed by atoms with Gasteiger partial charge in [-0.1, -0.05) is 11.6 Å². The number of hydrogen-bond acceptors (Lipinski definition) is 2. The van der Waals surface area contributed by atoms with Gasteiger partial charge in [0.05, 0.1) is 17.1 Å². The average molecular weight is 163 g/mol. The van der Waals surface area contributed by atoms with Crippen molar-refractivity contribution < 1.29 is 0 Å². The van der Waals surface area contributed by atoms with Gasteiger partial charge in [0.1, 0.15) is 0 Å². The molecule has 0 aliphatic rings. The van der Waals surface area contributed by atoms with Crippen molar-refractivity contribution in [3.63, 3.8) is 0 Å². The Labute approximate surface area is 63.2 Å². The van der Waals surface area contributed by atoms with E-state index in [2.05, 4.69) is 5.10 Å². The SMILES string of the molecule is CSCn1cc(Cl)cn1. The van der Waals surface area contributed by atoms with Crippen LogP contribution in [0.15, 0.2) is 12.4 Å². The lowest BCUT2D eigenvalue weighted by Gasteiger charge is -1.92. The third-order valence-corrected chi connectivity index (χ3v) is 1.58. The zero-order chi connectivity index (χ0) is 6.69. The van der Waals surface area contributed by atoms with Gasteiger partial charge in [-0.15, -0.1) is 11.8 Å². The van der Waals surface area contributed by atoms with E-state index in [1.165, 1.54) is 0 Å². The van der Waals surface area contributed by atoms with Gasteiger partial charge in [0.2, 0.25) is 0 Å². The van der Waals surface area contributed by atoms with Crippen LogP contribution < -0.4 is 0 Å². The van der Waals surface area contributed by atoms with E-state index in [1.807, 2.05) is 6.26 Å². The van der Waals surface area contributed by atoms with Gasteiger partial charge in [0.15, 0.2) is 0 Å². The minimum Gasteiger partial charge on any atom is -0.261 e. The van der Waals surface area contributed by atoms with Crippen molar-refractivity contribution in [1.82, 2.24) is 9.78 Å². The normalized spacial score (nSPS) is 10.0. The molecule has 0 aromatic carbocycles. The van der Waals surface area contributed by atoms with E-state index >= 15 is 0 Å². The van der Waals surface area contributed by atoms with E-state index in [9.17, 15) is 0 Å². The molecule has 1 aromatic heterocycles. The van der Waals surface area contributed by atoms with Gasteiger partial charge < -0.3 is 0 Å². The number of halogens is 1. The van der Waals surface area contributed by atoms with E-state index in [1.54, 1.807) is 28.8 Å². The highest BCUT2D eigenvalue weighted by Gasteiger charge is 1.91. The quantitative estimate of drug-likeness (QED) is 0.661. The molecule has 2 nitrogen and oxygen atoms in total. The first kappa shape index (κ1) is 6.96. The Morgan fingerprint density at radius 1 is 1.89 bits per heavy atom. The molecule has 50 valence electrons. The second kappa shape index (κ2) is 3.13. The van der Waals surface area contributed by atoms with E-state index < -0.39 is 0 Å². The molecule has 0 radical (unpaired) electrons. The van der Waals surface area contributed by atoms with Crippen molar-refractivity contribution in [2.24, 2.45) is 0 Å². The molecule has 0 saturated heterocycles. The average Bonchev–Trinajstić information content (AvgIpc) is 2.17. The maximum Gasteiger partial charge on any atom is 0.0861 e. The first-order chi connectivity index (χ1) is 4.33. The van der Waals surface area contributed by atoms with Crippen LogP contribution in [0.2, 0.25) is 5.02 Å². The smallest absolute Gasteiger partial charge is 0.0861 e. The molecule has 0 saturated carbocycles. The van der Waals surface area contributed by atoms with Crippen LogP contribution in [0.25, 0.3) is 0 Å². The molecule has 1 rings (SSSR count). The molecule has 0 amide bonds. The molecule has 0 aliphatic carbocycles.